The zero-order valence-electron chi connectivity index (χ0n) is 7.31. The van der Waals surface area contributed by atoms with E-state index >= 15 is 0 Å². The lowest BCUT2D eigenvalue weighted by atomic mass is 10.1. The molecule has 1 saturated heterocycles. The minimum absolute atomic E-state index is 0.0672. The second-order valence-electron chi connectivity index (χ2n) is 3.16. The molecule has 0 spiro atoms. The highest BCUT2D eigenvalue weighted by atomic mass is 16.1. The first-order chi connectivity index (χ1) is 5.83. The van der Waals surface area contributed by atoms with Gasteiger partial charge in [-0.1, -0.05) is 6.42 Å². The zero-order valence-corrected chi connectivity index (χ0v) is 7.31. The first kappa shape index (κ1) is 9.48. The molecular formula is C8H17N3O. The number of carbonyl (C=O) groups excluding carboxylic acids is 1. The van der Waals surface area contributed by atoms with Gasteiger partial charge in [0.2, 0.25) is 5.91 Å². The van der Waals surface area contributed by atoms with E-state index in [4.69, 9.17) is 5.73 Å². The van der Waals surface area contributed by atoms with Crippen LogP contribution in [0.5, 0.6) is 0 Å². The third kappa shape index (κ3) is 3.19. The quantitative estimate of drug-likeness (QED) is 0.521. The molecule has 1 aliphatic heterocycles. The van der Waals surface area contributed by atoms with E-state index in [-0.39, 0.29) is 12.5 Å². The summed E-state index contributed by atoms with van der Waals surface area (Å²) >= 11 is 0. The Morgan fingerprint density at radius 3 is 3.00 bits per heavy atom. The lowest BCUT2D eigenvalue weighted by Crippen LogP contribution is -2.44. The van der Waals surface area contributed by atoms with Gasteiger partial charge in [0, 0.05) is 12.6 Å². The molecule has 0 aromatic carbocycles. The van der Waals surface area contributed by atoms with Gasteiger partial charge >= 0.3 is 0 Å². The van der Waals surface area contributed by atoms with Crippen LogP contribution in [0.3, 0.4) is 0 Å². The van der Waals surface area contributed by atoms with Crippen molar-refractivity contribution in [3.8, 4) is 0 Å². The van der Waals surface area contributed by atoms with Gasteiger partial charge in [0.15, 0.2) is 0 Å². The van der Waals surface area contributed by atoms with Crippen LogP contribution in [0.2, 0.25) is 0 Å². The van der Waals surface area contributed by atoms with Crippen LogP contribution in [0.15, 0.2) is 0 Å². The van der Waals surface area contributed by atoms with Gasteiger partial charge in [-0.2, -0.15) is 0 Å². The van der Waals surface area contributed by atoms with Crippen molar-refractivity contribution in [3.05, 3.63) is 0 Å². The van der Waals surface area contributed by atoms with Gasteiger partial charge in [-0.15, -0.1) is 0 Å². The minimum Gasteiger partial charge on any atom is -0.353 e. The molecule has 0 aliphatic carbocycles. The predicted molar refractivity (Wildman–Crippen MR) is 47.7 cm³/mol. The number of carbonyl (C=O) groups is 1. The molecule has 1 fully saturated rings. The van der Waals surface area contributed by atoms with E-state index in [1.54, 1.807) is 0 Å². The second-order valence-corrected chi connectivity index (χ2v) is 3.16. The molecule has 4 nitrogen and oxygen atoms in total. The molecule has 0 aromatic heterocycles. The zero-order chi connectivity index (χ0) is 8.81. The van der Waals surface area contributed by atoms with E-state index in [1.807, 2.05) is 0 Å². The number of hydrogen-bond donors (Lipinski definition) is 3. The molecule has 0 saturated carbocycles. The topological polar surface area (TPSA) is 67.2 Å². The van der Waals surface area contributed by atoms with Crippen molar-refractivity contribution in [3.63, 3.8) is 0 Å². The molecule has 4 heteroatoms. The van der Waals surface area contributed by atoms with E-state index in [0.29, 0.717) is 6.04 Å². The Labute approximate surface area is 72.9 Å². The fraction of sp³-hybridized carbons (Fsp3) is 0.875. The fourth-order valence-electron chi connectivity index (χ4n) is 1.41. The molecular weight excluding hydrogens is 154 g/mol. The highest BCUT2D eigenvalue weighted by Gasteiger charge is 2.12. The number of nitrogens with two attached hydrogens (primary N) is 1. The SMILES string of the molecule is NCC(=O)NCC1CCCCN1. The van der Waals surface area contributed by atoms with Gasteiger partial charge < -0.3 is 16.4 Å². The molecule has 0 aromatic rings. The van der Waals surface area contributed by atoms with Crippen molar-refractivity contribution < 1.29 is 4.79 Å². The molecule has 1 atom stereocenters. The minimum atomic E-state index is -0.0672. The Morgan fingerprint density at radius 2 is 2.42 bits per heavy atom. The Morgan fingerprint density at radius 1 is 1.58 bits per heavy atom. The third-order valence-corrected chi connectivity index (χ3v) is 2.14. The van der Waals surface area contributed by atoms with Crippen LogP contribution in [-0.4, -0.2) is 31.6 Å². The summed E-state index contributed by atoms with van der Waals surface area (Å²) in [7, 11) is 0. The molecule has 1 heterocycles. The molecule has 1 rings (SSSR count). The summed E-state index contributed by atoms with van der Waals surface area (Å²) in [5.41, 5.74) is 5.16. The summed E-state index contributed by atoms with van der Waals surface area (Å²) in [6.45, 7) is 1.88. The highest BCUT2D eigenvalue weighted by Crippen LogP contribution is 2.05. The van der Waals surface area contributed by atoms with Crippen LogP contribution in [0, 0.1) is 0 Å². The van der Waals surface area contributed by atoms with Gasteiger partial charge in [-0.3, -0.25) is 4.79 Å². The Balaban J connectivity index is 2.09. The molecule has 0 bridgehead atoms. The number of hydrogen-bond acceptors (Lipinski definition) is 3. The average Bonchev–Trinajstić information content (AvgIpc) is 2.16. The summed E-state index contributed by atoms with van der Waals surface area (Å²) in [6, 6.07) is 0.453. The normalized spacial score (nSPS) is 23.6. The van der Waals surface area contributed by atoms with Gasteiger partial charge in [-0.25, -0.2) is 0 Å². The number of amides is 1. The number of rotatable bonds is 3. The van der Waals surface area contributed by atoms with E-state index in [2.05, 4.69) is 10.6 Å². The Bertz CT molecular complexity index is 143. The van der Waals surface area contributed by atoms with Crippen molar-refractivity contribution in [2.45, 2.75) is 25.3 Å². The standard InChI is InChI=1S/C8H17N3O/c9-5-8(12)11-6-7-3-1-2-4-10-7/h7,10H,1-6,9H2,(H,11,12). The summed E-state index contributed by atoms with van der Waals surface area (Å²) in [6.07, 6.45) is 3.67. The van der Waals surface area contributed by atoms with Crippen molar-refractivity contribution in [2.75, 3.05) is 19.6 Å². The third-order valence-electron chi connectivity index (χ3n) is 2.14. The molecule has 4 N–H and O–H groups in total. The smallest absolute Gasteiger partial charge is 0.233 e. The highest BCUT2D eigenvalue weighted by molar-refractivity contribution is 5.77. The molecule has 12 heavy (non-hydrogen) atoms. The van der Waals surface area contributed by atoms with E-state index in [1.165, 1.54) is 12.8 Å². The maximum absolute atomic E-state index is 10.8. The Hall–Kier alpha value is -0.610. The molecule has 1 unspecified atom stereocenters. The monoisotopic (exact) mass is 171 g/mol. The van der Waals surface area contributed by atoms with Crippen LogP contribution in [0.4, 0.5) is 0 Å². The first-order valence-corrected chi connectivity index (χ1v) is 4.53. The average molecular weight is 171 g/mol. The number of piperidine rings is 1. The maximum atomic E-state index is 10.8. The molecule has 0 radical (unpaired) electrons. The van der Waals surface area contributed by atoms with Crippen molar-refractivity contribution in [2.24, 2.45) is 5.73 Å². The van der Waals surface area contributed by atoms with Gasteiger partial charge in [-0.05, 0) is 19.4 Å². The summed E-state index contributed by atoms with van der Waals surface area (Å²) in [5, 5.41) is 6.12. The number of nitrogens with one attached hydrogen (secondary N) is 2. The predicted octanol–water partition coefficient (Wildman–Crippen LogP) is -0.797. The van der Waals surface area contributed by atoms with E-state index in [9.17, 15) is 4.79 Å². The van der Waals surface area contributed by atoms with Crippen LogP contribution in [0.1, 0.15) is 19.3 Å². The van der Waals surface area contributed by atoms with Gasteiger partial charge in [0.05, 0.1) is 6.54 Å². The van der Waals surface area contributed by atoms with Crippen LogP contribution < -0.4 is 16.4 Å². The van der Waals surface area contributed by atoms with Crippen LogP contribution in [-0.2, 0) is 4.79 Å². The lowest BCUT2D eigenvalue weighted by molar-refractivity contribution is -0.119. The first-order valence-electron chi connectivity index (χ1n) is 4.53. The van der Waals surface area contributed by atoms with Crippen LogP contribution >= 0.6 is 0 Å². The van der Waals surface area contributed by atoms with Crippen molar-refractivity contribution in [1.82, 2.24) is 10.6 Å². The van der Waals surface area contributed by atoms with E-state index < -0.39 is 0 Å². The fourth-order valence-corrected chi connectivity index (χ4v) is 1.41. The largest absolute Gasteiger partial charge is 0.353 e. The van der Waals surface area contributed by atoms with Gasteiger partial charge in [0.1, 0.15) is 0 Å². The molecule has 1 amide bonds. The lowest BCUT2D eigenvalue weighted by Gasteiger charge is -2.23. The van der Waals surface area contributed by atoms with Crippen molar-refractivity contribution in [1.29, 1.82) is 0 Å². The maximum Gasteiger partial charge on any atom is 0.233 e. The summed E-state index contributed by atoms with van der Waals surface area (Å²) < 4.78 is 0. The summed E-state index contributed by atoms with van der Waals surface area (Å²) in [4.78, 5) is 10.8. The second kappa shape index (κ2) is 5.11. The molecule has 1 aliphatic rings. The van der Waals surface area contributed by atoms with Crippen LogP contribution in [0.25, 0.3) is 0 Å². The molecule has 70 valence electrons. The summed E-state index contributed by atoms with van der Waals surface area (Å²) in [5.74, 6) is -0.0672. The van der Waals surface area contributed by atoms with Gasteiger partial charge in [0.25, 0.3) is 0 Å². The van der Waals surface area contributed by atoms with E-state index in [0.717, 1.165) is 19.5 Å². The Kier molecular flexibility index (Phi) is 4.04. The van der Waals surface area contributed by atoms with Crippen molar-refractivity contribution >= 4 is 5.91 Å².